The third-order valence-electron chi connectivity index (χ3n) is 4.54. The number of carbonyl (C=O) groups excluding carboxylic acids is 4. The first-order chi connectivity index (χ1) is 15.1. The van der Waals surface area contributed by atoms with Gasteiger partial charge in [0.05, 0.1) is 32.8 Å². The van der Waals surface area contributed by atoms with Crippen molar-refractivity contribution in [1.82, 2.24) is 10.4 Å². The fraction of sp³-hybridized carbons (Fsp3) is 0.714. The van der Waals surface area contributed by atoms with Gasteiger partial charge in [0.15, 0.2) is 0 Å². The minimum atomic E-state index is -0.708. The van der Waals surface area contributed by atoms with Crippen molar-refractivity contribution < 1.29 is 38.2 Å². The number of hydrogen-bond acceptors (Lipinski definition) is 8. The monoisotopic (exact) mass is 438 g/mol. The zero-order valence-corrected chi connectivity index (χ0v) is 17.7. The Morgan fingerprint density at radius 3 is 2.52 bits per heavy atom. The van der Waals surface area contributed by atoms with Gasteiger partial charge in [0.2, 0.25) is 5.91 Å². The Labute approximate surface area is 181 Å². The van der Waals surface area contributed by atoms with Gasteiger partial charge >= 0.3 is 5.97 Å². The van der Waals surface area contributed by atoms with Gasteiger partial charge in [0.25, 0.3) is 11.8 Å². The minimum Gasteiger partial charge on any atom is -0.378 e. The predicted octanol–water partition coefficient (Wildman–Crippen LogP) is 0.486. The molecule has 31 heavy (non-hydrogen) atoms. The number of imide groups is 1. The summed E-state index contributed by atoms with van der Waals surface area (Å²) in [7, 11) is 0. The topological polar surface area (TPSA) is 120 Å². The van der Waals surface area contributed by atoms with Crippen LogP contribution in [-0.4, -0.2) is 74.4 Å². The van der Waals surface area contributed by atoms with Crippen LogP contribution in [0, 0.1) is 11.8 Å². The van der Waals surface area contributed by atoms with Crippen molar-refractivity contribution >= 4 is 23.7 Å². The maximum absolute atomic E-state index is 11.8. The van der Waals surface area contributed by atoms with Gasteiger partial charge < -0.3 is 24.4 Å². The molecule has 0 bridgehead atoms. The smallest absolute Gasteiger partial charge is 0.335 e. The number of hydroxylamine groups is 2. The van der Waals surface area contributed by atoms with E-state index in [9.17, 15) is 19.2 Å². The molecule has 1 atom stereocenters. The summed E-state index contributed by atoms with van der Waals surface area (Å²) in [5.74, 6) is 4.18. The third-order valence-corrected chi connectivity index (χ3v) is 4.54. The van der Waals surface area contributed by atoms with Crippen LogP contribution in [0.25, 0.3) is 0 Å². The lowest BCUT2D eigenvalue weighted by molar-refractivity contribution is -0.198. The Kier molecular flexibility index (Phi) is 11.6. The lowest BCUT2D eigenvalue weighted by Crippen LogP contribution is -2.32. The minimum absolute atomic E-state index is 0.0207. The Hall–Kier alpha value is -2.48. The van der Waals surface area contributed by atoms with Crippen molar-refractivity contribution in [2.75, 3.05) is 39.6 Å². The lowest BCUT2D eigenvalue weighted by Gasteiger charge is -2.14. The molecule has 10 heteroatoms. The van der Waals surface area contributed by atoms with Crippen LogP contribution in [0.5, 0.6) is 0 Å². The van der Waals surface area contributed by atoms with Crippen LogP contribution < -0.4 is 5.32 Å². The first-order valence-electron chi connectivity index (χ1n) is 10.6. The molecule has 2 rings (SSSR count). The van der Waals surface area contributed by atoms with Crippen molar-refractivity contribution in [3.05, 3.63) is 0 Å². The Bertz CT molecular complexity index is 669. The van der Waals surface area contributed by atoms with E-state index in [0.717, 1.165) is 32.1 Å². The summed E-state index contributed by atoms with van der Waals surface area (Å²) < 4.78 is 16.1. The van der Waals surface area contributed by atoms with Crippen molar-refractivity contribution in [2.24, 2.45) is 0 Å². The Balaban J connectivity index is 1.39. The number of carbonyl (C=O) groups is 4. The van der Waals surface area contributed by atoms with E-state index >= 15 is 0 Å². The second kappa shape index (κ2) is 14.5. The van der Waals surface area contributed by atoms with E-state index in [1.54, 1.807) is 0 Å². The molecule has 0 aromatic rings. The number of nitrogens with one attached hydrogen (secondary N) is 1. The number of hydrogen-bond donors (Lipinski definition) is 1. The highest BCUT2D eigenvalue weighted by Gasteiger charge is 2.32. The normalized spacial score (nSPS) is 18.7. The van der Waals surface area contributed by atoms with Crippen LogP contribution in [0.3, 0.4) is 0 Å². The molecule has 1 saturated heterocycles. The molecule has 10 nitrogen and oxygen atoms in total. The average molecular weight is 438 g/mol. The summed E-state index contributed by atoms with van der Waals surface area (Å²) in [4.78, 5) is 50.8. The molecule has 1 fully saturated rings. The zero-order valence-electron chi connectivity index (χ0n) is 17.7. The zero-order chi connectivity index (χ0) is 22.3. The van der Waals surface area contributed by atoms with Gasteiger partial charge in [-0.2, -0.15) is 0 Å². The Morgan fingerprint density at radius 1 is 1.00 bits per heavy atom. The van der Waals surface area contributed by atoms with E-state index < -0.39 is 17.8 Å². The lowest BCUT2D eigenvalue weighted by atomic mass is 10.1. The summed E-state index contributed by atoms with van der Waals surface area (Å²) in [6, 6.07) is 0. The van der Waals surface area contributed by atoms with Gasteiger partial charge in [-0.05, 0) is 19.3 Å². The molecule has 1 unspecified atom stereocenters. The first-order valence-corrected chi connectivity index (χ1v) is 10.6. The van der Waals surface area contributed by atoms with Crippen LogP contribution in [0.4, 0.5) is 0 Å². The second-order valence-corrected chi connectivity index (χ2v) is 7.09. The maximum atomic E-state index is 11.8. The molecule has 1 heterocycles. The molecule has 0 radical (unpaired) electrons. The summed E-state index contributed by atoms with van der Waals surface area (Å²) in [5, 5.41) is 3.22. The highest BCUT2D eigenvalue weighted by atomic mass is 16.7. The summed E-state index contributed by atoms with van der Waals surface area (Å²) >= 11 is 0. The number of ether oxygens (including phenoxy) is 3. The number of amides is 3. The van der Waals surface area contributed by atoms with Crippen molar-refractivity contribution in [2.45, 2.75) is 57.5 Å². The Morgan fingerprint density at radius 2 is 1.74 bits per heavy atom. The molecule has 2 aliphatic rings. The van der Waals surface area contributed by atoms with E-state index in [0.29, 0.717) is 24.8 Å². The van der Waals surface area contributed by atoms with Gasteiger partial charge in [0.1, 0.15) is 12.7 Å². The van der Waals surface area contributed by atoms with Gasteiger partial charge in [-0.3, -0.25) is 14.4 Å². The highest BCUT2D eigenvalue weighted by molar-refractivity contribution is 6.01. The first kappa shape index (κ1) is 24.8. The van der Waals surface area contributed by atoms with Crippen molar-refractivity contribution in [3.63, 3.8) is 0 Å². The standard InChI is InChI=1S/C21H30N2O8/c24-18(16-30-17-6-4-2-1-3-5-7-17)22-11-13-29-15-14-28-12-10-21(27)31-23-19(25)8-9-20(23)26/h17H,1-4,6,8-16H2,(H,22,24). The van der Waals surface area contributed by atoms with Crippen LogP contribution in [0.15, 0.2) is 0 Å². The van der Waals surface area contributed by atoms with E-state index in [1.165, 1.54) is 0 Å². The van der Waals surface area contributed by atoms with Crippen LogP contribution >= 0.6 is 0 Å². The molecule has 172 valence electrons. The quantitative estimate of drug-likeness (QED) is 0.251. The molecule has 1 aliphatic carbocycles. The van der Waals surface area contributed by atoms with E-state index in [4.69, 9.17) is 19.0 Å². The number of rotatable bonds is 13. The highest BCUT2D eigenvalue weighted by Crippen LogP contribution is 2.12. The molecular formula is C21H30N2O8. The van der Waals surface area contributed by atoms with Crippen molar-refractivity contribution in [3.8, 4) is 11.8 Å². The number of nitrogens with zero attached hydrogens (tertiary/aromatic N) is 1. The van der Waals surface area contributed by atoms with Gasteiger partial charge in [-0.1, -0.05) is 12.3 Å². The maximum Gasteiger partial charge on any atom is 0.335 e. The van der Waals surface area contributed by atoms with Gasteiger partial charge in [-0.25, -0.2) is 4.79 Å². The molecule has 1 aliphatic heterocycles. The summed E-state index contributed by atoms with van der Waals surface area (Å²) in [6.07, 6.45) is 4.94. The van der Waals surface area contributed by atoms with E-state index in [2.05, 4.69) is 17.2 Å². The molecule has 1 N–H and O–H groups in total. The largest absolute Gasteiger partial charge is 0.378 e. The van der Waals surface area contributed by atoms with Crippen molar-refractivity contribution in [1.29, 1.82) is 0 Å². The van der Waals surface area contributed by atoms with Gasteiger partial charge in [-0.15, -0.1) is 11.0 Å². The van der Waals surface area contributed by atoms with Crippen LogP contribution in [0.2, 0.25) is 0 Å². The third kappa shape index (κ3) is 10.4. The van der Waals surface area contributed by atoms with Crippen LogP contribution in [0.1, 0.15) is 51.4 Å². The molecular weight excluding hydrogens is 408 g/mol. The molecule has 0 aromatic carbocycles. The molecule has 0 aromatic heterocycles. The molecule has 0 saturated carbocycles. The molecule has 0 spiro atoms. The average Bonchev–Trinajstić information content (AvgIpc) is 3.03. The fourth-order valence-corrected chi connectivity index (χ4v) is 2.88. The molecule has 3 amide bonds. The van der Waals surface area contributed by atoms with Gasteiger partial charge in [0, 0.05) is 25.8 Å². The van der Waals surface area contributed by atoms with E-state index in [1.807, 2.05) is 0 Å². The predicted molar refractivity (Wildman–Crippen MR) is 107 cm³/mol. The summed E-state index contributed by atoms with van der Waals surface area (Å²) in [6.45, 7) is 1.28. The van der Waals surface area contributed by atoms with Crippen LogP contribution in [-0.2, 0) is 38.2 Å². The SMILES string of the molecule is O=C(COC1C#CCCCCC1)NCCOCCOCCC(=O)ON1C(=O)CCC1=O. The fourth-order valence-electron chi connectivity index (χ4n) is 2.88. The second-order valence-electron chi connectivity index (χ2n) is 7.09. The van der Waals surface area contributed by atoms with E-state index in [-0.39, 0.29) is 51.1 Å². The summed E-state index contributed by atoms with van der Waals surface area (Å²) in [5.41, 5.74) is 0.